The number of anilines is 1. The standard InChI is InChI=1S/C15H22N2O2/c1-10(18)13-7-2-3-8-14(13)17-15(19)11-5-4-6-12(16)9-11/h2-3,7-8,10-12,18H,4-6,9,16H2,1H3,(H,17,19). The van der Waals surface area contributed by atoms with E-state index in [4.69, 9.17) is 5.73 Å². The molecule has 1 aromatic carbocycles. The maximum atomic E-state index is 12.2. The van der Waals surface area contributed by atoms with Crippen molar-refractivity contribution in [3.05, 3.63) is 29.8 Å². The van der Waals surface area contributed by atoms with Crippen LogP contribution < -0.4 is 11.1 Å². The maximum absolute atomic E-state index is 12.2. The number of hydrogen-bond acceptors (Lipinski definition) is 3. The third-order valence-corrected chi connectivity index (χ3v) is 3.75. The molecule has 0 saturated heterocycles. The number of para-hydroxylation sites is 1. The molecule has 3 unspecified atom stereocenters. The van der Waals surface area contributed by atoms with Crippen LogP contribution in [0.3, 0.4) is 0 Å². The van der Waals surface area contributed by atoms with Crippen molar-refractivity contribution in [3.63, 3.8) is 0 Å². The molecule has 4 N–H and O–H groups in total. The van der Waals surface area contributed by atoms with Gasteiger partial charge in [0.25, 0.3) is 0 Å². The summed E-state index contributed by atoms with van der Waals surface area (Å²) in [5, 5.41) is 12.6. The zero-order valence-electron chi connectivity index (χ0n) is 11.3. The van der Waals surface area contributed by atoms with Gasteiger partial charge in [-0.1, -0.05) is 24.6 Å². The largest absolute Gasteiger partial charge is 0.389 e. The lowest BCUT2D eigenvalue weighted by Gasteiger charge is -2.26. The second kappa shape index (κ2) is 6.17. The van der Waals surface area contributed by atoms with Gasteiger partial charge in [0.2, 0.25) is 5.91 Å². The lowest BCUT2D eigenvalue weighted by molar-refractivity contribution is -0.120. The highest BCUT2D eigenvalue weighted by molar-refractivity contribution is 5.93. The Morgan fingerprint density at radius 3 is 2.84 bits per heavy atom. The van der Waals surface area contributed by atoms with Crippen molar-refractivity contribution in [3.8, 4) is 0 Å². The number of aliphatic hydroxyl groups is 1. The van der Waals surface area contributed by atoms with Gasteiger partial charge in [0.05, 0.1) is 6.10 Å². The normalized spacial score (nSPS) is 24.8. The summed E-state index contributed by atoms with van der Waals surface area (Å²) in [6.07, 6.45) is 3.08. The summed E-state index contributed by atoms with van der Waals surface area (Å²) in [6.45, 7) is 1.70. The molecule has 0 heterocycles. The molecule has 1 amide bonds. The summed E-state index contributed by atoms with van der Waals surface area (Å²) in [7, 11) is 0. The Morgan fingerprint density at radius 1 is 1.42 bits per heavy atom. The average molecular weight is 262 g/mol. The number of amides is 1. The highest BCUT2D eigenvalue weighted by Crippen LogP contribution is 2.27. The lowest BCUT2D eigenvalue weighted by Crippen LogP contribution is -2.34. The van der Waals surface area contributed by atoms with E-state index in [0.29, 0.717) is 5.69 Å². The molecule has 4 nitrogen and oxygen atoms in total. The van der Waals surface area contributed by atoms with E-state index < -0.39 is 6.10 Å². The number of carbonyl (C=O) groups excluding carboxylic acids is 1. The maximum Gasteiger partial charge on any atom is 0.227 e. The Bertz CT molecular complexity index is 446. The Kier molecular flexibility index (Phi) is 4.56. The number of nitrogens with two attached hydrogens (primary N) is 1. The summed E-state index contributed by atoms with van der Waals surface area (Å²) in [5.41, 5.74) is 7.36. The van der Waals surface area contributed by atoms with Crippen molar-refractivity contribution in [1.82, 2.24) is 0 Å². The molecule has 0 aliphatic heterocycles. The second-order valence-corrected chi connectivity index (χ2v) is 5.38. The van der Waals surface area contributed by atoms with Crippen LogP contribution in [0.4, 0.5) is 5.69 Å². The Morgan fingerprint density at radius 2 is 2.16 bits per heavy atom. The summed E-state index contributed by atoms with van der Waals surface area (Å²) >= 11 is 0. The second-order valence-electron chi connectivity index (χ2n) is 5.38. The lowest BCUT2D eigenvalue weighted by atomic mass is 9.85. The molecule has 1 aliphatic rings. The van der Waals surface area contributed by atoms with Crippen LogP contribution in [-0.2, 0) is 4.79 Å². The van der Waals surface area contributed by atoms with Gasteiger partial charge >= 0.3 is 0 Å². The molecule has 0 aromatic heterocycles. The topological polar surface area (TPSA) is 75.3 Å². The first-order valence-corrected chi connectivity index (χ1v) is 6.91. The molecule has 1 aromatic rings. The van der Waals surface area contributed by atoms with Crippen molar-refractivity contribution < 1.29 is 9.90 Å². The van der Waals surface area contributed by atoms with E-state index in [1.807, 2.05) is 24.3 Å². The van der Waals surface area contributed by atoms with Crippen molar-refractivity contribution in [2.24, 2.45) is 11.7 Å². The van der Waals surface area contributed by atoms with Crippen molar-refractivity contribution in [2.75, 3.05) is 5.32 Å². The van der Waals surface area contributed by atoms with E-state index in [1.165, 1.54) is 0 Å². The number of hydrogen-bond donors (Lipinski definition) is 3. The highest BCUT2D eigenvalue weighted by Gasteiger charge is 2.25. The molecule has 1 fully saturated rings. The summed E-state index contributed by atoms with van der Waals surface area (Å²) in [4.78, 5) is 12.2. The smallest absolute Gasteiger partial charge is 0.227 e. The van der Waals surface area contributed by atoms with Crippen LogP contribution in [0.15, 0.2) is 24.3 Å². The average Bonchev–Trinajstić information content (AvgIpc) is 2.39. The van der Waals surface area contributed by atoms with Crippen LogP contribution in [0.25, 0.3) is 0 Å². The van der Waals surface area contributed by atoms with Crippen molar-refractivity contribution in [1.29, 1.82) is 0 Å². The number of nitrogens with one attached hydrogen (secondary N) is 1. The highest BCUT2D eigenvalue weighted by atomic mass is 16.3. The fourth-order valence-electron chi connectivity index (χ4n) is 2.68. The van der Waals surface area contributed by atoms with Gasteiger partial charge in [0, 0.05) is 23.2 Å². The van der Waals surface area contributed by atoms with E-state index in [0.717, 1.165) is 31.2 Å². The zero-order chi connectivity index (χ0) is 13.8. The number of benzene rings is 1. The van der Waals surface area contributed by atoms with Crippen LogP contribution in [0.2, 0.25) is 0 Å². The van der Waals surface area contributed by atoms with E-state index in [2.05, 4.69) is 5.32 Å². The molecular weight excluding hydrogens is 240 g/mol. The quantitative estimate of drug-likeness (QED) is 0.781. The predicted octanol–water partition coefficient (Wildman–Crippen LogP) is 2.20. The first-order chi connectivity index (χ1) is 9.08. The van der Waals surface area contributed by atoms with Crippen molar-refractivity contribution in [2.45, 2.75) is 44.8 Å². The Hall–Kier alpha value is -1.39. The summed E-state index contributed by atoms with van der Waals surface area (Å²) in [6, 6.07) is 7.49. The number of aliphatic hydroxyl groups excluding tert-OH is 1. The van der Waals surface area contributed by atoms with Gasteiger partial charge in [-0.15, -0.1) is 0 Å². The zero-order valence-corrected chi connectivity index (χ0v) is 11.3. The minimum Gasteiger partial charge on any atom is -0.389 e. The summed E-state index contributed by atoms with van der Waals surface area (Å²) < 4.78 is 0. The molecule has 4 heteroatoms. The number of carbonyl (C=O) groups is 1. The molecule has 3 atom stereocenters. The fraction of sp³-hybridized carbons (Fsp3) is 0.533. The number of rotatable bonds is 3. The fourth-order valence-corrected chi connectivity index (χ4v) is 2.68. The van der Waals surface area contributed by atoms with Crippen molar-refractivity contribution >= 4 is 11.6 Å². The van der Waals surface area contributed by atoms with Crippen LogP contribution in [0, 0.1) is 5.92 Å². The third-order valence-electron chi connectivity index (χ3n) is 3.75. The van der Waals surface area contributed by atoms with Crippen LogP contribution >= 0.6 is 0 Å². The molecule has 1 aliphatic carbocycles. The first kappa shape index (κ1) is 14.0. The van der Waals surface area contributed by atoms with Gasteiger partial charge in [-0.25, -0.2) is 0 Å². The van der Waals surface area contributed by atoms with E-state index in [-0.39, 0.29) is 17.9 Å². The molecule has 0 radical (unpaired) electrons. The van der Waals surface area contributed by atoms with Gasteiger partial charge in [-0.05, 0) is 32.3 Å². The minimum atomic E-state index is -0.592. The molecule has 1 saturated carbocycles. The van der Waals surface area contributed by atoms with E-state index in [1.54, 1.807) is 6.92 Å². The minimum absolute atomic E-state index is 0.00851. The summed E-state index contributed by atoms with van der Waals surface area (Å²) in [5.74, 6) is 0.00838. The molecular formula is C15H22N2O2. The molecule has 104 valence electrons. The predicted molar refractivity (Wildman–Crippen MR) is 75.6 cm³/mol. The third kappa shape index (κ3) is 3.55. The van der Waals surface area contributed by atoms with Crippen LogP contribution in [0.1, 0.15) is 44.3 Å². The Labute approximate surface area is 114 Å². The van der Waals surface area contributed by atoms with Gasteiger partial charge in [0.15, 0.2) is 0 Å². The van der Waals surface area contributed by atoms with Gasteiger partial charge in [-0.3, -0.25) is 4.79 Å². The SMILES string of the molecule is CC(O)c1ccccc1NC(=O)C1CCCC(N)C1. The van der Waals surface area contributed by atoms with E-state index in [9.17, 15) is 9.90 Å². The van der Waals surface area contributed by atoms with Crippen LogP contribution in [-0.4, -0.2) is 17.1 Å². The molecule has 0 bridgehead atoms. The van der Waals surface area contributed by atoms with Gasteiger partial charge in [0.1, 0.15) is 0 Å². The van der Waals surface area contributed by atoms with E-state index >= 15 is 0 Å². The Balaban J connectivity index is 2.06. The molecule has 0 spiro atoms. The van der Waals surface area contributed by atoms with Gasteiger partial charge in [-0.2, -0.15) is 0 Å². The molecule has 19 heavy (non-hydrogen) atoms. The first-order valence-electron chi connectivity index (χ1n) is 6.91. The van der Waals surface area contributed by atoms with Gasteiger partial charge < -0.3 is 16.2 Å². The molecule has 2 rings (SSSR count). The van der Waals surface area contributed by atoms with Crippen LogP contribution in [0.5, 0.6) is 0 Å². The monoisotopic (exact) mass is 262 g/mol.